The summed E-state index contributed by atoms with van der Waals surface area (Å²) in [5, 5.41) is 4.01. The zero-order valence-corrected chi connectivity index (χ0v) is 10.1. The molecule has 0 aromatic heterocycles. The predicted octanol–water partition coefficient (Wildman–Crippen LogP) is 2.98. The number of urea groups is 1. The van der Waals surface area contributed by atoms with Crippen LogP contribution in [0, 0.1) is 3.57 Å². The van der Waals surface area contributed by atoms with Gasteiger partial charge in [-0.05, 0) is 40.8 Å². The summed E-state index contributed by atoms with van der Waals surface area (Å²) in [4.78, 5) is 11.0. The van der Waals surface area contributed by atoms with Gasteiger partial charge < -0.3 is 10.6 Å². The summed E-state index contributed by atoms with van der Waals surface area (Å²) < 4.78 is 36.2. The second-order valence-electron chi connectivity index (χ2n) is 2.93. The third kappa shape index (κ3) is 5.19. The minimum Gasteiger partial charge on any atom is -0.329 e. The third-order valence-electron chi connectivity index (χ3n) is 1.53. The summed E-state index contributed by atoms with van der Waals surface area (Å²) >= 11 is 2.03. The molecule has 2 amide bonds. The zero-order chi connectivity index (χ0) is 12.2. The number of hydrogen-bond donors (Lipinski definition) is 2. The number of anilines is 1. The minimum atomic E-state index is -4.40. The van der Waals surface area contributed by atoms with E-state index in [0.29, 0.717) is 5.69 Å². The topological polar surface area (TPSA) is 41.1 Å². The van der Waals surface area contributed by atoms with Crippen LogP contribution in [-0.4, -0.2) is 18.8 Å². The molecule has 3 nitrogen and oxygen atoms in total. The van der Waals surface area contributed by atoms with Crippen molar-refractivity contribution in [3.05, 3.63) is 27.8 Å². The fraction of sp³-hybridized carbons (Fsp3) is 0.222. The van der Waals surface area contributed by atoms with Crippen molar-refractivity contribution in [1.29, 1.82) is 0 Å². The van der Waals surface area contributed by atoms with Crippen LogP contribution in [0.1, 0.15) is 0 Å². The summed E-state index contributed by atoms with van der Waals surface area (Å²) in [6, 6.07) is 5.86. The monoisotopic (exact) mass is 344 g/mol. The normalized spacial score (nSPS) is 11.0. The molecule has 0 atom stereocenters. The molecule has 1 rings (SSSR count). The molecule has 0 aliphatic carbocycles. The average molecular weight is 344 g/mol. The predicted molar refractivity (Wildman–Crippen MR) is 62.2 cm³/mol. The van der Waals surface area contributed by atoms with Gasteiger partial charge in [0.2, 0.25) is 0 Å². The molecule has 1 aromatic rings. The molecule has 7 heteroatoms. The van der Waals surface area contributed by atoms with Crippen LogP contribution in [0.4, 0.5) is 23.7 Å². The Morgan fingerprint density at radius 3 is 2.62 bits per heavy atom. The van der Waals surface area contributed by atoms with E-state index in [1.54, 1.807) is 29.6 Å². The van der Waals surface area contributed by atoms with Gasteiger partial charge in [0.25, 0.3) is 0 Å². The van der Waals surface area contributed by atoms with Gasteiger partial charge in [-0.25, -0.2) is 4.79 Å². The molecule has 16 heavy (non-hydrogen) atoms. The number of hydrogen-bond acceptors (Lipinski definition) is 1. The van der Waals surface area contributed by atoms with Crippen molar-refractivity contribution < 1.29 is 18.0 Å². The van der Waals surface area contributed by atoms with E-state index in [2.05, 4.69) is 5.32 Å². The number of benzene rings is 1. The zero-order valence-electron chi connectivity index (χ0n) is 7.94. The summed E-state index contributed by atoms with van der Waals surface area (Å²) in [6.45, 7) is -1.34. The van der Waals surface area contributed by atoms with Crippen LogP contribution >= 0.6 is 22.6 Å². The van der Waals surface area contributed by atoms with Gasteiger partial charge in [0.15, 0.2) is 0 Å². The van der Waals surface area contributed by atoms with Crippen molar-refractivity contribution in [3.63, 3.8) is 0 Å². The van der Waals surface area contributed by atoms with E-state index in [-0.39, 0.29) is 0 Å². The highest BCUT2D eigenvalue weighted by atomic mass is 127. The molecule has 0 saturated carbocycles. The summed E-state index contributed by atoms with van der Waals surface area (Å²) in [6.07, 6.45) is -4.40. The van der Waals surface area contributed by atoms with Gasteiger partial charge in [0.1, 0.15) is 6.54 Å². The average Bonchev–Trinajstić information content (AvgIpc) is 2.14. The van der Waals surface area contributed by atoms with Crippen molar-refractivity contribution in [1.82, 2.24) is 5.32 Å². The number of halogens is 4. The van der Waals surface area contributed by atoms with Crippen molar-refractivity contribution >= 4 is 34.3 Å². The van der Waals surface area contributed by atoms with Crippen LogP contribution in [0.15, 0.2) is 24.3 Å². The first-order valence-electron chi connectivity index (χ1n) is 4.24. The number of alkyl halides is 3. The maximum Gasteiger partial charge on any atom is 0.405 e. The summed E-state index contributed by atoms with van der Waals surface area (Å²) in [7, 11) is 0. The van der Waals surface area contributed by atoms with Gasteiger partial charge in [-0.3, -0.25) is 0 Å². The molecule has 0 saturated heterocycles. The van der Waals surface area contributed by atoms with Crippen LogP contribution < -0.4 is 10.6 Å². The number of rotatable bonds is 2. The molecule has 0 heterocycles. The first kappa shape index (κ1) is 13.1. The molecular formula is C9H8F3IN2O. The SMILES string of the molecule is O=C(NCC(F)(F)F)Nc1cccc(I)c1. The fourth-order valence-corrected chi connectivity index (χ4v) is 1.47. The molecule has 0 radical (unpaired) electrons. The highest BCUT2D eigenvalue weighted by Crippen LogP contribution is 2.13. The molecule has 1 aromatic carbocycles. The molecule has 0 fully saturated rings. The van der Waals surface area contributed by atoms with Crippen molar-refractivity contribution in [2.24, 2.45) is 0 Å². The van der Waals surface area contributed by atoms with Gasteiger partial charge in [-0.2, -0.15) is 13.2 Å². The Labute approximate surface area is 104 Å². The quantitative estimate of drug-likeness (QED) is 0.796. The molecule has 0 spiro atoms. The van der Waals surface area contributed by atoms with E-state index < -0.39 is 18.8 Å². The standard InChI is InChI=1S/C9H8F3IN2O/c10-9(11,12)5-14-8(16)15-7-3-1-2-6(13)4-7/h1-4H,5H2,(H2,14,15,16). The maximum absolute atomic E-state index is 11.8. The number of carbonyl (C=O) groups is 1. The second kappa shape index (κ2) is 5.37. The maximum atomic E-state index is 11.8. The van der Waals surface area contributed by atoms with E-state index in [1.165, 1.54) is 0 Å². The lowest BCUT2D eigenvalue weighted by Crippen LogP contribution is -2.36. The summed E-state index contributed by atoms with van der Waals surface area (Å²) in [5.41, 5.74) is 0.451. The van der Waals surface area contributed by atoms with E-state index in [4.69, 9.17) is 0 Å². The lowest BCUT2D eigenvalue weighted by atomic mass is 10.3. The molecular weight excluding hydrogens is 336 g/mol. The highest BCUT2D eigenvalue weighted by Gasteiger charge is 2.27. The first-order chi connectivity index (χ1) is 7.37. The Balaban J connectivity index is 2.46. The van der Waals surface area contributed by atoms with Crippen LogP contribution in [0.2, 0.25) is 0 Å². The Morgan fingerprint density at radius 1 is 1.38 bits per heavy atom. The lowest BCUT2D eigenvalue weighted by Gasteiger charge is -2.09. The fourth-order valence-electron chi connectivity index (χ4n) is 0.922. The second-order valence-corrected chi connectivity index (χ2v) is 4.18. The van der Waals surface area contributed by atoms with E-state index >= 15 is 0 Å². The lowest BCUT2D eigenvalue weighted by molar-refractivity contribution is -0.122. The largest absolute Gasteiger partial charge is 0.405 e. The Kier molecular flexibility index (Phi) is 4.39. The Hall–Kier alpha value is -0.990. The first-order valence-corrected chi connectivity index (χ1v) is 5.32. The summed E-state index contributed by atoms with van der Waals surface area (Å²) in [5.74, 6) is 0. The van der Waals surface area contributed by atoms with Gasteiger partial charge in [0.05, 0.1) is 0 Å². The van der Waals surface area contributed by atoms with Crippen LogP contribution in [0.5, 0.6) is 0 Å². The molecule has 88 valence electrons. The van der Waals surface area contributed by atoms with Crippen molar-refractivity contribution in [2.75, 3.05) is 11.9 Å². The number of amides is 2. The highest BCUT2D eigenvalue weighted by molar-refractivity contribution is 14.1. The van der Waals surface area contributed by atoms with Crippen molar-refractivity contribution in [2.45, 2.75) is 6.18 Å². The van der Waals surface area contributed by atoms with E-state index in [9.17, 15) is 18.0 Å². The molecule has 0 aliphatic rings. The Bertz CT molecular complexity index is 381. The van der Waals surface area contributed by atoms with Crippen LogP contribution in [0.25, 0.3) is 0 Å². The van der Waals surface area contributed by atoms with E-state index in [0.717, 1.165) is 3.57 Å². The number of nitrogens with one attached hydrogen (secondary N) is 2. The van der Waals surface area contributed by atoms with Gasteiger partial charge in [-0.1, -0.05) is 6.07 Å². The van der Waals surface area contributed by atoms with Gasteiger partial charge in [-0.15, -0.1) is 0 Å². The molecule has 0 aliphatic heterocycles. The van der Waals surface area contributed by atoms with E-state index in [1.807, 2.05) is 22.6 Å². The minimum absolute atomic E-state index is 0.451. The third-order valence-corrected chi connectivity index (χ3v) is 2.20. The molecule has 0 bridgehead atoms. The molecule has 0 unspecified atom stereocenters. The van der Waals surface area contributed by atoms with Crippen LogP contribution in [0.3, 0.4) is 0 Å². The van der Waals surface area contributed by atoms with Crippen molar-refractivity contribution in [3.8, 4) is 0 Å². The smallest absolute Gasteiger partial charge is 0.329 e. The van der Waals surface area contributed by atoms with Gasteiger partial charge in [0, 0.05) is 9.26 Å². The molecule has 2 N–H and O–H groups in total. The Morgan fingerprint density at radius 2 is 2.06 bits per heavy atom. The van der Waals surface area contributed by atoms with Gasteiger partial charge >= 0.3 is 12.2 Å². The number of carbonyl (C=O) groups excluding carboxylic acids is 1. The van der Waals surface area contributed by atoms with Crippen LogP contribution in [-0.2, 0) is 0 Å².